The summed E-state index contributed by atoms with van der Waals surface area (Å²) in [5.41, 5.74) is 0.613. The van der Waals surface area contributed by atoms with Crippen LogP contribution in [0.1, 0.15) is 17.3 Å². The average Bonchev–Trinajstić information content (AvgIpc) is 2.49. The third-order valence-corrected chi connectivity index (χ3v) is 4.25. The number of aromatic carboxylic acids is 1. The fraction of sp³-hybridized carbons (Fsp3) is 0.429. The number of benzene rings is 1. The van der Waals surface area contributed by atoms with Crippen LogP contribution in [0.15, 0.2) is 22.7 Å². The maximum atomic E-state index is 12.2. The van der Waals surface area contributed by atoms with E-state index in [-0.39, 0.29) is 11.6 Å². The minimum absolute atomic E-state index is 0.128. The summed E-state index contributed by atoms with van der Waals surface area (Å²) >= 11 is 3.18. The highest BCUT2D eigenvalue weighted by Crippen LogP contribution is 2.21. The van der Waals surface area contributed by atoms with Crippen LogP contribution in [0.2, 0.25) is 0 Å². The van der Waals surface area contributed by atoms with Crippen LogP contribution < -0.4 is 5.32 Å². The predicted octanol–water partition coefficient (Wildman–Crippen LogP) is 2.32. The van der Waals surface area contributed by atoms with Crippen molar-refractivity contribution in [1.82, 2.24) is 9.80 Å². The van der Waals surface area contributed by atoms with Crippen molar-refractivity contribution in [2.45, 2.75) is 6.92 Å². The van der Waals surface area contributed by atoms with Gasteiger partial charge in [0.05, 0.1) is 5.56 Å². The Morgan fingerprint density at radius 3 is 2.52 bits per heavy atom. The van der Waals surface area contributed by atoms with Gasteiger partial charge in [-0.1, -0.05) is 6.92 Å². The molecule has 2 rings (SSSR count). The lowest BCUT2D eigenvalue weighted by Crippen LogP contribution is -2.49. The lowest BCUT2D eigenvalue weighted by molar-refractivity contribution is 0.0696. The number of likely N-dealkylation sites (N-methyl/N-ethyl adjacent to an activating group) is 1. The van der Waals surface area contributed by atoms with E-state index in [4.69, 9.17) is 5.11 Å². The molecule has 0 bridgehead atoms. The first-order chi connectivity index (χ1) is 10.0. The molecule has 0 atom stereocenters. The zero-order valence-electron chi connectivity index (χ0n) is 11.8. The van der Waals surface area contributed by atoms with Gasteiger partial charge in [-0.15, -0.1) is 0 Å². The van der Waals surface area contributed by atoms with E-state index in [0.29, 0.717) is 23.2 Å². The van der Waals surface area contributed by atoms with Gasteiger partial charge in [-0.3, -0.25) is 0 Å². The maximum Gasteiger partial charge on any atom is 0.336 e. The normalized spacial score (nSPS) is 15.8. The quantitative estimate of drug-likeness (QED) is 0.872. The molecule has 1 heterocycles. The molecule has 0 saturated carbocycles. The fourth-order valence-corrected chi connectivity index (χ4v) is 2.65. The van der Waals surface area contributed by atoms with Crippen LogP contribution in [-0.2, 0) is 0 Å². The summed E-state index contributed by atoms with van der Waals surface area (Å²) in [7, 11) is 0. The van der Waals surface area contributed by atoms with E-state index >= 15 is 0 Å². The van der Waals surface area contributed by atoms with Crippen molar-refractivity contribution in [2.24, 2.45) is 0 Å². The van der Waals surface area contributed by atoms with Gasteiger partial charge in [0.15, 0.2) is 0 Å². The maximum absolute atomic E-state index is 12.2. The standard InChI is InChI=1S/C14H18BrN3O3/c1-2-17-5-7-18(8-6-17)14(21)16-10-3-4-12(15)11(9-10)13(19)20/h3-4,9H,2,5-8H2,1H3,(H,16,21)(H,19,20). The molecule has 0 radical (unpaired) electrons. The SMILES string of the molecule is CCN1CCN(C(=O)Nc2ccc(Br)c(C(=O)O)c2)CC1. The zero-order valence-corrected chi connectivity index (χ0v) is 13.4. The summed E-state index contributed by atoms with van der Waals surface area (Å²) in [5, 5.41) is 11.8. The fourth-order valence-electron chi connectivity index (χ4n) is 2.24. The Hall–Kier alpha value is -1.60. The van der Waals surface area contributed by atoms with Crippen molar-refractivity contribution in [1.29, 1.82) is 0 Å². The van der Waals surface area contributed by atoms with Gasteiger partial charge in [0, 0.05) is 36.3 Å². The first-order valence-corrected chi connectivity index (χ1v) is 7.61. The second-order valence-corrected chi connectivity index (χ2v) is 5.71. The first kappa shape index (κ1) is 15.8. The molecule has 2 N–H and O–H groups in total. The molecule has 1 aliphatic heterocycles. The smallest absolute Gasteiger partial charge is 0.336 e. The minimum Gasteiger partial charge on any atom is -0.478 e. The number of piperazine rings is 1. The number of hydrogen-bond acceptors (Lipinski definition) is 3. The van der Waals surface area contributed by atoms with Gasteiger partial charge in [0.25, 0.3) is 0 Å². The number of urea groups is 1. The Labute approximate surface area is 131 Å². The van der Waals surface area contributed by atoms with E-state index in [2.05, 4.69) is 33.1 Å². The summed E-state index contributed by atoms with van der Waals surface area (Å²) < 4.78 is 0.490. The molecule has 0 aliphatic carbocycles. The summed E-state index contributed by atoms with van der Waals surface area (Å²) in [5.74, 6) is -1.03. The molecule has 6 nitrogen and oxygen atoms in total. The van der Waals surface area contributed by atoms with Crippen LogP contribution in [0, 0.1) is 0 Å². The summed E-state index contributed by atoms with van der Waals surface area (Å²) in [6, 6.07) is 4.56. The van der Waals surface area contributed by atoms with E-state index in [0.717, 1.165) is 19.6 Å². The lowest BCUT2D eigenvalue weighted by atomic mass is 10.2. The molecule has 0 spiro atoms. The van der Waals surface area contributed by atoms with Crippen molar-refractivity contribution in [3.63, 3.8) is 0 Å². The predicted molar refractivity (Wildman–Crippen MR) is 83.8 cm³/mol. The molecule has 0 aromatic heterocycles. The molecule has 114 valence electrons. The molecule has 2 amide bonds. The second kappa shape index (κ2) is 6.91. The number of anilines is 1. The molecule has 21 heavy (non-hydrogen) atoms. The van der Waals surface area contributed by atoms with Gasteiger partial charge in [0.2, 0.25) is 0 Å². The number of nitrogens with one attached hydrogen (secondary N) is 1. The Bertz CT molecular complexity index is 542. The number of carboxylic acid groups (broad SMARTS) is 1. The molecular formula is C14H18BrN3O3. The molecule has 1 aromatic carbocycles. The average molecular weight is 356 g/mol. The Balaban J connectivity index is 2.00. The van der Waals surface area contributed by atoms with Crippen LogP contribution in [0.25, 0.3) is 0 Å². The lowest BCUT2D eigenvalue weighted by Gasteiger charge is -2.34. The van der Waals surface area contributed by atoms with Crippen molar-refractivity contribution in [2.75, 3.05) is 38.0 Å². The minimum atomic E-state index is -1.03. The van der Waals surface area contributed by atoms with Gasteiger partial charge in [-0.25, -0.2) is 9.59 Å². The van der Waals surface area contributed by atoms with Crippen molar-refractivity contribution in [3.05, 3.63) is 28.2 Å². The number of nitrogens with zero attached hydrogens (tertiary/aromatic N) is 2. The Kier molecular flexibility index (Phi) is 5.19. The van der Waals surface area contributed by atoms with Gasteiger partial charge in [-0.05, 0) is 40.7 Å². The van der Waals surface area contributed by atoms with Gasteiger partial charge >= 0.3 is 12.0 Å². The van der Waals surface area contributed by atoms with Crippen LogP contribution in [0.4, 0.5) is 10.5 Å². The van der Waals surface area contributed by atoms with Crippen molar-refractivity contribution in [3.8, 4) is 0 Å². The zero-order chi connectivity index (χ0) is 15.4. The van der Waals surface area contributed by atoms with Crippen LogP contribution >= 0.6 is 15.9 Å². The summed E-state index contributed by atoms with van der Waals surface area (Å²) in [4.78, 5) is 27.3. The van der Waals surface area contributed by atoms with E-state index < -0.39 is 5.97 Å². The van der Waals surface area contributed by atoms with Crippen LogP contribution in [-0.4, -0.2) is 59.6 Å². The molecule has 1 saturated heterocycles. The molecule has 0 unspecified atom stereocenters. The van der Waals surface area contributed by atoms with Crippen molar-refractivity contribution < 1.29 is 14.7 Å². The summed E-state index contributed by atoms with van der Waals surface area (Å²) in [6.07, 6.45) is 0. The van der Waals surface area contributed by atoms with Crippen LogP contribution in [0.3, 0.4) is 0 Å². The van der Waals surface area contributed by atoms with Crippen molar-refractivity contribution >= 4 is 33.6 Å². The number of rotatable bonds is 3. The highest BCUT2D eigenvalue weighted by atomic mass is 79.9. The van der Waals surface area contributed by atoms with E-state index in [1.165, 1.54) is 6.07 Å². The number of amides is 2. The molecular weight excluding hydrogens is 338 g/mol. The molecule has 1 aromatic rings. The van der Waals surface area contributed by atoms with Gasteiger partial charge in [0.1, 0.15) is 0 Å². The monoisotopic (exact) mass is 355 g/mol. The number of halogens is 1. The first-order valence-electron chi connectivity index (χ1n) is 6.82. The highest BCUT2D eigenvalue weighted by molar-refractivity contribution is 9.10. The van der Waals surface area contributed by atoms with Gasteiger partial charge in [-0.2, -0.15) is 0 Å². The number of carbonyl (C=O) groups is 2. The van der Waals surface area contributed by atoms with Gasteiger partial charge < -0.3 is 20.2 Å². The molecule has 7 heteroatoms. The second-order valence-electron chi connectivity index (χ2n) is 4.85. The van der Waals surface area contributed by atoms with E-state index in [1.54, 1.807) is 17.0 Å². The third-order valence-electron chi connectivity index (χ3n) is 3.55. The van der Waals surface area contributed by atoms with E-state index in [9.17, 15) is 9.59 Å². The number of carboxylic acids is 1. The highest BCUT2D eigenvalue weighted by Gasteiger charge is 2.20. The number of carbonyl (C=O) groups excluding carboxylic acids is 1. The van der Waals surface area contributed by atoms with E-state index in [1.807, 2.05) is 0 Å². The number of hydrogen-bond donors (Lipinski definition) is 2. The Morgan fingerprint density at radius 2 is 1.95 bits per heavy atom. The third kappa shape index (κ3) is 3.95. The summed E-state index contributed by atoms with van der Waals surface area (Å²) in [6.45, 7) is 6.19. The molecule has 1 fully saturated rings. The largest absolute Gasteiger partial charge is 0.478 e. The Morgan fingerprint density at radius 1 is 1.29 bits per heavy atom. The topological polar surface area (TPSA) is 72.9 Å². The molecule has 1 aliphatic rings. The van der Waals surface area contributed by atoms with Crippen LogP contribution in [0.5, 0.6) is 0 Å².